The number of amides is 1. The van der Waals surface area contributed by atoms with Crippen LogP contribution in [0.2, 0.25) is 5.02 Å². The first kappa shape index (κ1) is 22.8. The Morgan fingerprint density at radius 1 is 1.00 bits per heavy atom. The molecule has 0 N–H and O–H groups in total. The zero-order chi connectivity index (χ0) is 21.6. The maximum atomic E-state index is 12.9. The van der Waals surface area contributed by atoms with Crippen LogP contribution in [0, 0.1) is 0 Å². The van der Waals surface area contributed by atoms with Gasteiger partial charge in [-0.05, 0) is 48.6 Å². The molecule has 0 bridgehead atoms. The van der Waals surface area contributed by atoms with Gasteiger partial charge in [0.2, 0.25) is 15.9 Å². The molecule has 1 aliphatic heterocycles. The molecule has 30 heavy (non-hydrogen) atoms. The van der Waals surface area contributed by atoms with Crippen LogP contribution >= 0.6 is 11.6 Å². The Balaban J connectivity index is 1.56. The number of carbonyl (C=O) groups excluding carboxylic acids is 1. The second-order valence-electron chi connectivity index (χ2n) is 7.80. The highest BCUT2D eigenvalue weighted by atomic mass is 35.5. The number of sulfonamides is 1. The Labute approximate surface area is 184 Å². The van der Waals surface area contributed by atoms with Crippen molar-refractivity contribution in [2.75, 3.05) is 20.1 Å². The monoisotopic (exact) mass is 448 g/mol. The van der Waals surface area contributed by atoms with E-state index < -0.39 is 10.0 Å². The van der Waals surface area contributed by atoms with E-state index in [1.807, 2.05) is 36.4 Å². The van der Waals surface area contributed by atoms with Gasteiger partial charge in [0.1, 0.15) is 0 Å². The van der Waals surface area contributed by atoms with Crippen molar-refractivity contribution in [3.63, 3.8) is 0 Å². The normalized spacial score (nSPS) is 15.5. The first-order valence-electron chi connectivity index (χ1n) is 10.4. The van der Waals surface area contributed by atoms with Gasteiger partial charge >= 0.3 is 0 Å². The summed E-state index contributed by atoms with van der Waals surface area (Å²) in [4.78, 5) is 14.5. The minimum Gasteiger partial charge on any atom is -0.341 e. The minimum absolute atomic E-state index is 0.0242. The molecule has 0 aliphatic carbocycles. The zero-order valence-corrected chi connectivity index (χ0v) is 19.0. The van der Waals surface area contributed by atoms with E-state index in [1.54, 1.807) is 28.4 Å². The van der Waals surface area contributed by atoms with Crippen molar-refractivity contribution in [3.8, 4) is 0 Å². The van der Waals surface area contributed by atoms with E-state index in [2.05, 4.69) is 0 Å². The standard InChI is InChI=1S/C23H29ClN2O3S/c1-25(18-20-8-4-5-9-22(20)24)23(27)15-12-19-10-13-21(14-11-19)30(28,29)26-16-6-2-3-7-17-26/h4-5,8-11,13-14H,2-3,6-7,12,15-18H2,1H3. The molecule has 1 aliphatic rings. The Bertz CT molecular complexity index is 953. The zero-order valence-electron chi connectivity index (χ0n) is 17.4. The lowest BCUT2D eigenvalue weighted by molar-refractivity contribution is -0.130. The molecule has 1 saturated heterocycles. The minimum atomic E-state index is -3.44. The molecule has 7 heteroatoms. The van der Waals surface area contributed by atoms with Crippen LogP contribution in [0.5, 0.6) is 0 Å². The molecular formula is C23H29ClN2O3S. The third-order valence-corrected chi connectivity index (χ3v) is 7.83. The van der Waals surface area contributed by atoms with Crippen molar-refractivity contribution in [2.24, 2.45) is 0 Å². The van der Waals surface area contributed by atoms with Crippen LogP contribution in [-0.4, -0.2) is 43.7 Å². The lowest BCUT2D eigenvalue weighted by Crippen LogP contribution is -2.31. The van der Waals surface area contributed by atoms with E-state index in [-0.39, 0.29) is 5.91 Å². The van der Waals surface area contributed by atoms with Crippen molar-refractivity contribution < 1.29 is 13.2 Å². The number of hydrogen-bond donors (Lipinski definition) is 0. The predicted octanol–water partition coefficient (Wildman–Crippen LogP) is 4.50. The lowest BCUT2D eigenvalue weighted by atomic mass is 10.1. The second-order valence-corrected chi connectivity index (χ2v) is 10.1. The molecule has 1 heterocycles. The molecule has 0 spiro atoms. The van der Waals surface area contributed by atoms with Gasteiger partial charge in [-0.2, -0.15) is 4.31 Å². The maximum Gasteiger partial charge on any atom is 0.243 e. The summed E-state index contributed by atoms with van der Waals surface area (Å²) in [5, 5.41) is 0.651. The first-order chi connectivity index (χ1) is 14.4. The number of rotatable bonds is 7. The van der Waals surface area contributed by atoms with E-state index in [9.17, 15) is 13.2 Å². The molecule has 5 nitrogen and oxygen atoms in total. The average Bonchev–Trinajstić information content (AvgIpc) is 3.04. The Hall–Kier alpha value is -1.89. The average molecular weight is 449 g/mol. The van der Waals surface area contributed by atoms with Crippen molar-refractivity contribution >= 4 is 27.5 Å². The number of carbonyl (C=O) groups is 1. The van der Waals surface area contributed by atoms with Gasteiger partial charge in [0, 0.05) is 38.1 Å². The number of halogens is 1. The van der Waals surface area contributed by atoms with Crippen molar-refractivity contribution in [1.29, 1.82) is 0 Å². The van der Waals surface area contributed by atoms with Crippen molar-refractivity contribution in [2.45, 2.75) is 50.0 Å². The van der Waals surface area contributed by atoms with Gasteiger partial charge in [0.25, 0.3) is 0 Å². The van der Waals surface area contributed by atoms with Crippen molar-refractivity contribution in [1.82, 2.24) is 9.21 Å². The maximum absolute atomic E-state index is 12.9. The van der Waals surface area contributed by atoms with Gasteiger partial charge in [-0.25, -0.2) is 8.42 Å². The topological polar surface area (TPSA) is 57.7 Å². The second kappa shape index (κ2) is 10.4. The fraction of sp³-hybridized carbons (Fsp3) is 0.435. The summed E-state index contributed by atoms with van der Waals surface area (Å²) in [5.41, 5.74) is 1.86. The number of aryl methyl sites for hydroxylation is 1. The fourth-order valence-electron chi connectivity index (χ4n) is 3.67. The summed E-state index contributed by atoms with van der Waals surface area (Å²) >= 11 is 6.17. The van der Waals surface area contributed by atoms with Crippen LogP contribution in [0.25, 0.3) is 0 Å². The smallest absolute Gasteiger partial charge is 0.243 e. The van der Waals surface area contributed by atoms with E-state index in [1.165, 1.54) is 0 Å². The van der Waals surface area contributed by atoms with E-state index >= 15 is 0 Å². The van der Waals surface area contributed by atoms with E-state index in [0.717, 1.165) is 36.8 Å². The van der Waals surface area contributed by atoms with Crippen LogP contribution in [0.1, 0.15) is 43.2 Å². The van der Waals surface area contributed by atoms with E-state index in [0.29, 0.717) is 42.4 Å². The largest absolute Gasteiger partial charge is 0.341 e. The molecule has 0 saturated carbocycles. The quantitative estimate of drug-likeness (QED) is 0.626. The van der Waals surface area contributed by atoms with Gasteiger partial charge in [-0.3, -0.25) is 4.79 Å². The lowest BCUT2D eigenvalue weighted by Gasteiger charge is -2.20. The van der Waals surface area contributed by atoms with Crippen molar-refractivity contribution in [3.05, 3.63) is 64.7 Å². The summed E-state index contributed by atoms with van der Waals surface area (Å²) in [6.07, 6.45) is 4.94. The first-order valence-corrected chi connectivity index (χ1v) is 12.3. The highest BCUT2D eigenvalue weighted by Gasteiger charge is 2.24. The van der Waals surface area contributed by atoms with E-state index in [4.69, 9.17) is 11.6 Å². The SMILES string of the molecule is CN(Cc1ccccc1Cl)C(=O)CCc1ccc(S(=O)(=O)N2CCCCCC2)cc1. The number of hydrogen-bond acceptors (Lipinski definition) is 3. The number of benzene rings is 2. The van der Waals surface area contributed by atoms with Crippen LogP contribution in [-0.2, 0) is 27.8 Å². The van der Waals surface area contributed by atoms with Crippen LogP contribution < -0.4 is 0 Å². The molecule has 2 aromatic carbocycles. The van der Waals surface area contributed by atoms with Gasteiger partial charge in [-0.15, -0.1) is 0 Å². The van der Waals surface area contributed by atoms with Crippen LogP contribution in [0.15, 0.2) is 53.4 Å². The molecule has 162 valence electrons. The Morgan fingerprint density at radius 3 is 2.27 bits per heavy atom. The summed E-state index contributed by atoms with van der Waals surface area (Å²) in [5.74, 6) is 0.0242. The molecule has 2 aromatic rings. The molecule has 1 amide bonds. The Morgan fingerprint density at radius 2 is 1.63 bits per heavy atom. The number of nitrogens with zero attached hydrogens (tertiary/aromatic N) is 2. The fourth-order valence-corrected chi connectivity index (χ4v) is 5.38. The third kappa shape index (κ3) is 5.84. The third-order valence-electron chi connectivity index (χ3n) is 5.54. The molecule has 0 unspecified atom stereocenters. The highest BCUT2D eigenvalue weighted by molar-refractivity contribution is 7.89. The highest BCUT2D eigenvalue weighted by Crippen LogP contribution is 2.21. The molecule has 3 rings (SSSR count). The molecule has 1 fully saturated rings. The molecule has 0 atom stereocenters. The van der Waals surface area contributed by atoms with Crippen LogP contribution in [0.4, 0.5) is 0 Å². The Kier molecular flexibility index (Phi) is 7.92. The van der Waals surface area contributed by atoms with Crippen LogP contribution in [0.3, 0.4) is 0 Å². The van der Waals surface area contributed by atoms with Gasteiger partial charge < -0.3 is 4.90 Å². The molecule has 0 aromatic heterocycles. The van der Waals surface area contributed by atoms with Gasteiger partial charge in [0.05, 0.1) is 4.90 Å². The van der Waals surface area contributed by atoms with Gasteiger partial charge in [-0.1, -0.05) is 54.8 Å². The summed E-state index contributed by atoms with van der Waals surface area (Å²) < 4.78 is 27.3. The molecular weight excluding hydrogens is 420 g/mol. The molecule has 0 radical (unpaired) electrons. The van der Waals surface area contributed by atoms with Gasteiger partial charge in [0.15, 0.2) is 0 Å². The predicted molar refractivity (Wildman–Crippen MR) is 120 cm³/mol. The summed E-state index contributed by atoms with van der Waals surface area (Å²) in [6, 6.07) is 14.4. The summed E-state index contributed by atoms with van der Waals surface area (Å²) in [6.45, 7) is 1.65. The summed E-state index contributed by atoms with van der Waals surface area (Å²) in [7, 11) is -1.67.